The second-order valence-corrected chi connectivity index (χ2v) is 7.98. The van der Waals surface area contributed by atoms with Crippen molar-refractivity contribution in [1.29, 1.82) is 0 Å². The Morgan fingerprint density at radius 3 is 2.71 bits per heavy atom. The van der Waals surface area contributed by atoms with E-state index in [1.54, 1.807) is 0 Å². The Labute approximate surface area is 146 Å². The van der Waals surface area contributed by atoms with Crippen LogP contribution in [0.5, 0.6) is 0 Å². The molecule has 0 saturated carbocycles. The van der Waals surface area contributed by atoms with Crippen molar-refractivity contribution in [2.75, 3.05) is 13.1 Å². The van der Waals surface area contributed by atoms with Crippen LogP contribution in [0.2, 0.25) is 0 Å². The number of nitrogens with zero attached hydrogens (tertiary/aromatic N) is 4. The number of aryl methyl sites for hydroxylation is 2. The van der Waals surface area contributed by atoms with Crippen LogP contribution in [0.25, 0.3) is 0 Å². The van der Waals surface area contributed by atoms with Gasteiger partial charge in [-0.05, 0) is 37.6 Å². The van der Waals surface area contributed by atoms with Gasteiger partial charge in [0.15, 0.2) is 0 Å². The number of hydrogen-bond donors (Lipinski definition) is 0. The summed E-state index contributed by atoms with van der Waals surface area (Å²) in [6.45, 7) is 8.43. The van der Waals surface area contributed by atoms with Gasteiger partial charge >= 0.3 is 0 Å². The van der Waals surface area contributed by atoms with E-state index in [4.69, 9.17) is 4.98 Å². The molecule has 0 N–H and O–H groups in total. The van der Waals surface area contributed by atoms with Crippen molar-refractivity contribution in [1.82, 2.24) is 19.4 Å². The first-order valence-electron chi connectivity index (χ1n) is 8.37. The van der Waals surface area contributed by atoms with Crippen LogP contribution in [0.1, 0.15) is 32.8 Å². The maximum Gasteiger partial charge on any atom is 0.114 e. The minimum atomic E-state index is 0.538. The van der Waals surface area contributed by atoms with Crippen molar-refractivity contribution in [3.8, 4) is 0 Å². The molecule has 5 heteroatoms. The molecule has 1 aliphatic rings. The van der Waals surface area contributed by atoms with Crippen molar-refractivity contribution in [2.45, 2.75) is 32.9 Å². The third-order valence-electron chi connectivity index (χ3n) is 4.65. The monoisotopic (exact) mass is 338 g/mol. The lowest BCUT2D eigenvalue weighted by molar-refractivity contribution is 0.134. The molecular weight excluding hydrogens is 316 g/mol. The first kappa shape index (κ1) is 15.5. The zero-order valence-corrected chi connectivity index (χ0v) is 15.0. The van der Waals surface area contributed by atoms with Crippen LogP contribution < -0.4 is 0 Å². The molecule has 124 valence electrons. The summed E-state index contributed by atoms with van der Waals surface area (Å²) in [5.74, 6) is 1.76. The van der Waals surface area contributed by atoms with Crippen LogP contribution in [0.4, 0.5) is 0 Å². The van der Waals surface area contributed by atoms with Crippen molar-refractivity contribution in [3.05, 3.63) is 69.7 Å². The molecule has 1 saturated heterocycles. The predicted molar refractivity (Wildman–Crippen MR) is 97.4 cm³/mol. The molecule has 1 aliphatic heterocycles. The number of hydrogen-bond acceptors (Lipinski definition) is 4. The highest BCUT2D eigenvalue weighted by Gasteiger charge is 2.31. The molecule has 4 heterocycles. The molecule has 0 spiro atoms. The Kier molecular flexibility index (Phi) is 4.21. The normalized spacial score (nSPS) is 15.6. The van der Waals surface area contributed by atoms with E-state index in [-0.39, 0.29) is 0 Å². The minimum Gasteiger partial charge on any atom is -0.328 e. The maximum absolute atomic E-state index is 4.70. The standard InChI is InChI=1S/C19H22N4S/c1-14-8-21-19(23(14)10-16-4-3-7-20-9-16)17-11-22(12-17)13-18-6-5-15(2)24-18/h3-9,17H,10-13H2,1-2H3. The summed E-state index contributed by atoms with van der Waals surface area (Å²) in [5.41, 5.74) is 2.45. The largest absolute Gasteiger partial charge is 0.328 e. The van der Waals surface area contributed by atoms with Crippen LogP contribution in [0.3, 0.4) is 0 Å². The highest BCUT2D eigenvalue weighted by molar-refractivity contribution is 7.11. The summed E-state index contributed by atoms with van der Waals surface area (Å²) >= 11 is 1.90. The van der Waals surface area contributed by atoms with Gasteiger partial charge in [-0.15, -0.1) is 11.3 Å². The molecule has 24 heavy (non-hydrogen) atoms. The van der Waals surface area contributed by atoms with E-state index < -0.39 is 0 Å². The average Bonchev–Trinajstić information content (AvgIpc) is 3.11. The van der Waals surface area contributed by atoms with E-state index in [9.17, 15) is 0 Å². The SMILES string of the molecule is Cc1ccc(CN2CC(c3ncc(C)n3Cc3cccnc3)C2)s1. The van der Waals surface area contributed by atoms with Gasteiger partial charge in [-0.25, -0.2) is 4.98 Å². The lowest BCUT2D eigenvalue weighted by Gasteiger charge is -2.38. The Hall–Kier alpha value is -1.98. The average molecular weight is 338 g/mol. The van der Waals surface area contributed by atoms with Crippen molar-refractivity contribution >= 4 is 11.3 Å². The fourth-order valence-corrected chi connectivity index (χ4v) is 4.27. The fourth-order valence-electron chi connectivity index (χ4n) is 3.34. The van der Waals surface area contributed by atoms with Gasteiger partial charge in [-0.2, -0.15) is 0 Å². The quantitative estimate of drug-likeness (QED) is 0.713. The number of likely N-dealkylation sites (tertiary alicyclic amines) is 1. The van der Waals surface area contributed by atoms with Crippen molar-refractivity contribution in [3.63, 3.8) is 0 Å². The van der Waals surface area contributed by atoms with Crippen LogP contribution in [0, 0.1) is 13.8 Å². The van der Waals surface area contributed by atoms with E-state index in [0.717, 1.165) is 26.2 Å². The van der Waals surface area contributed by atoms with Gasteiger partial charge in [0.1, 0.15) is 5.82 Å². The Morgan fingerprint density at radius 1 is 1.12 bits per heavy atom. The molecule has 3 aromatic heterocycles. The number of rotatable bonds is 5. The molecule has 4 rings (SSSR count). The van der Waals surface area contributed by atoms with Gasteiger partial charge in [-0.3, -0.25) is 9.88 Å². The topological polar surface area (TPSA) is 34.0 Å². The number of aromatic nitrogens is 3. The molecule has 0 atom stereocenters. The first-order chi connectivity index (χ1) is 11.7. The van der Waals surface area contributed by atoms with E-state index in [1.165, 1.54) is 26.8 Å². The third-order valence-corrected chi connectivity index (χ3v) is 5.63. The maximum atomic E-state index is 4.70. The Balaban J connectivity index is 1.43. The number of imidazole rings is 1. The zero-order chi connectivity index (χ0) is 16.5. The molecule has 1 fully saturated rings. The summed E-state index contributed by atoms with van der Waals surface area (Å²) in [6.07, 6.45) is 5.76. The van der Waals surface area contributed by atoms with Crippen molar-refractivity contribution in [2.24, 2.45) is 0 Å². The molecule has 4 nitrogen and oxygen atoms in total. The number of thiophene rings is 1. The predicted octanol–water partition coefficient (Wildman–Crippen LogP) is 3.60. The Morgan fingerprint density at radius 2 is 2.00 bits per heavy atom. The minimum absolute atomic E-state index is 0.538. The molecule has 0 bridgehead atoms. The molecule has 0 unspecified atom stereocenters. The second kappa shape index (κ2) is 6.49. The van der Waals surface area contributed by atoms with Gasteiger partial charge < -0.3 is 4.57 Å². The molecule has 0 aromatic carbocycles. The van der Waals surface area contributed by atoms with Gasteiger partial charge in [0.2, 0.25) is 0 Å². The zero-order valence-electron chi connectivity index (χ0n) is 14.1. The van der Waals surface area contributed by atoms with Crippen LogP contribution in [-0.2, 0) is 13.1 Å². The highest BCUT2D eigenvalue weighted by atomic mass is 32.1. The summed E-state index contributed by atoms with van der Waals surface area (Å²) < 4.78 is 2.34. The van der Waals surface area contributed by atoms with Crippen LogP contribution in [-0.4, -0.2) is 32.5 Å². The first-order valence-corrected chi connectivity index (χ1v) is 9.19. The lowest BCUT2D eigenvalue weighted by Crippen LogP contribution is -2.45. The summed E-state index contributed by atoms with van der Waals surface area (Å²) in [6, 6.07) is 8.58. The molecule has 0 radical (unpaired) electrons. The summed E-state index contributed by atoms with van der Waals surface area (Å²) in [5, 5.41) is 0. The molecule has 3 aromatic rings. The molecule has 0 amide bonds. The lowest BCUT2D eigenvalue weighted by atomic mass is 9.99. The molecule has 0 aliphatic carbocycles. The highest BCUT2D eigenvalue weighted by Crippen LogP contribution is 2.30. The van der Waals surface area contributed by atoms with Crippen molar-refractivity contribution < 1.29 is 0 Å². The van der Waals surface area contributed by atoms with Crippen LogP contribution in [0.15, 0.2) is 42.9 Å². The third kappa shape index (κ3) is 3.14. The van der Waals surface area contributed by atoms with Crippen LogP contribution >= 0.6 is 11.3 Å². The van der Waals surface area contributed by atoms with Gasteiger partial charge in [-0.1, -0.05) is 6.07 Å². The van der Waals surface area contributed by atoms with Gasteiger partial charge in [0, 0.05) is 59.6 Å². The van der Waals surface area contributed by atoms with E-state index in [0.29, 0.717) is 5.92 Å². The smallest absolute Gasteiger partial charge is 0.114 e. The van der Waals surface area contributed by atoms with E-state index in [1.807, 2.05) is 36.0 Å². The van der Waals surface area contributed by atoms with E-state index in [2.05, 4.69) is 46.5 Å². The van der Waals surface area contributed by atoms with E-state index >= 15 is 0 Å². The molecular formula is C19H22N4S. The number of pyridine rings is 1. The summed E-state index contributed by atoms with van der Waals surface area (Å²) in [7, 11) is 0. The van der Waals surface area contributed by atoms with Gasteiger partial charge in [0.25, 0.3) is 0 Å². The Bertz CT molecular complexity index is 815. The van der Waals surface area contributed by atoms with Gasteiger partial charge in [0.05, 0.1) is 6.54 Å². The second-order valence-electron chi connectivity index (χ2n) is 6.61. The fraction of sp³-hybridized carbons (Fsp3) is 0.368. The summed E-state index contributed by atoms with van der Waals surface area (Å²) in [4.78, 5) is 14.3.